The highest BCUT2D eigenvalue weighted by Crippen LogP contribution is 2.38. The fourth-order valence-electron chi connectivity index (χ4n) is 1.63. The van der Waals surface area contributed by atoms with Crippen LogP contribution in [-0.4, -0.2) is 15.3 Å². The monoisotopic (exact) mass is 260 g/mol. The summed E-state index contributed by atoms with van der Waals surface area (Å²) in [4.78, 5) is 16.1. The van der Waals surface area contributed by atoms with Crippen molar-refractivity contribution in [1.82, 2.24) is 9.36 Å². The first-order chi connectivity index (χ1) is 8.81. The molecule has 1 heterocycles. The standard InChI is InChI=1S/C13H12N2O2S/c16-12(17-10-4-2-1-3-5-10)8-11-14-13(15-18-11)9-6-7-9/h1-5,9H,6-8H2. The highest BCUT2D eigenvalue weighted by atomic mass is 32.1. The first-order valence-corrected chi connectivity index (χ1v) is 6.67. The minimum atomic E-state index is -0.292. The van der Waals surface area contributed by atoms with E-state index in [-0.39, 0.29) is 12.4 Å². The lowest BCUT2D eigenvalue weighted by atomic mass is 10.3. The van der Waals surface area contributed by atoms with Crippen LogP contribution >= 0.6 is 11.5 Å². The molecule has 0 saturated heterocycles. The number of esters is 1. The molecule has 1 aliphatic rings. The number of benzene rings is 1. The maximum atomic E-state index is 11.7. The van der Waals surface area contributed by atoms with Crippen LogP contribution < -0.4 is 4.74 Å². The molecule has 0 atom stereocenters. The van der Waals surface area contributed by atoms with Crippen molar-refractivity contribution in [2.24, 2.45) is 0 Å². The van der Waals surface area contributed by atoms with Crippen molar-refractivity contribution in [3.05, 3.63) is 41.2 Å². The van der Waals surface area contributed by atoms with Crippen LogP contribution in [0.2, 0.25) is 0 Å². The van der Waals surface area contributed by atoms with Gasteiger partial charge in [-0.05, 0) is 36.5 Å². The van der Waals surface area contributed by atoms with E-state index in [1.807, 2.05) is 18.2 Å². The van der Waals surface area contributed by atoms with Crippen LogP contribution in [0, 0.1) is 0 Å². The summed E-state index contributed by atoms with van der Waals surface area (Å²) in [5.74, 6) is 1.69. The summed E-state index contributed by atoms with van der Waals surface area (Å²) in [5, 5.41) is 0.734. The molecular formula is C13H12N2O2S. The smallest absolute Gasteiger partial charge is 0.318 e. The maximum absolute atomic E-state index is 11.7. The molecule has 1 aromatic carbocycles. The molecule has 4 nitrogen and oxygen atoms in total. The van der Waals surface area contributed by atoms with E-state index < -0.39 is 0 Å². The molecule has 3 rings (SSSR count). The molecule has 0 bridgehead atoms. The number of carbonyl (C=O) groups excluding carboxylic acids is 1. The molecule has 1 aromatic heterocycles. The molecule has 2 aromatic rings. The van der Waals surface area contributed by atoms with Gasteiger partial charge in [0, 0.05) is 5.92 Å². The molecule has 0 N–H and O–H groups in total. The fraction of sp³-hybridized carbons (Fsp3) is 0.308. The van der Waals surface area contributed by atoms with Crippen molar-refractivity contribution in [2.75, 3.05) is 0 Å². The van der Waals surface area contributed by atoms with E-state index in [1.54, 1.807) is 12.1 Å². The van der Waals surface area contributed by atoms with Crippen molar-refractivity contribution in [1.29, 1.82) is 0 Å². The molecule has 5 heteroatoms. The van der Waals surface area contributed by atoms with Gasteiger partial charge in [-0.25, -0.2) is 4.98 Å². The molecule has 0 aliphatic heterocycles. The van der Waals surface area contributed by atoms with Crippen LogP contribution in [0.5, 0.6) is 5.75 Å². The number of para-hydroxylation sites is 1. The van der Waals surface area contributed by atoms with Gasteiger partial charge in [0.25, 0.3) is 0 Å². The van der Waals surface area contributed by atoms with E-state index in [2.05, 4.69) is 9.36 Å². The average Bonchev–Trinajstić information content (AvgIpc) is 3.12. The first kappa shape index (κ1) is 11.3. The summed E-state index contributed by atoms with van der Waals surface area (Å²) in [5.41, 5.74) is 0. The molecule has 0 radical (unpaired) electrons. The minimum Gasteiger partial charge on any atom is -0.426 e. The zero-order valence-corrected chi connectivity index (χ0v) is 10.5. The Labute approximate surface area is 109 Å². The summed E-state index contributed by atoms with van der Waals surface area (Å²) < 4.78 is 9.46. The van der Waals surface area contributed by atoms with Crippen LogP contribution in [-0.2, 0) is 11.2 Å². The molecule has 0 unspecified atom stereocenters. The van der Waals surface area contributed by atoms with Crippen LogP contribution in [0.15, 0.2) is 30.3 Å². The van der Waals surface area contributed by atoms with Crippen molar-refractivity contribution >= 4 is 17.5 Å². The summed E-state index contributed by atoms with van der Waals surface area (Å²) >= 11 is 1.29. The lowest BCUT2D eigenvalue weighted by Crippen LogP contribution is -2.11. The zero-order chi connectivity index (χ0) is 12.4. The minimum absolute atomic E-state index is 0.194. The molecule has 0 spiro atoms. The predicted molar refractivity (Wildman–Crippen MR) is 67.7 cm³/mol. The Morgan fingerprint density at radius 1 is 1.33 bits per heavy atom. The topological polar surface area (TPSA) is 52.1 Å². The summed E-state index contributed by atoms with van der Waals surface area (Å²) in [6, 6.07) is 9.06. The summed E-state index contributed by atoms with van der Waals surface area (Å²) in [6.45, 7) is 0. The number of hydrogen-bond acceptors (Lipinski definition) is 5. The summed E-state index contributed by atoms with van der Waals surface area (Å²) in [6.07, 6.45) is 2.54. The van der Waals surface area contributed by atoms with Crippen LogP contribution in [0.4, 0.5) is 0 Å². The lowest BCUT2D eigenvalue weighted by molar-refractivity contribution is -0.133. The second-order valence-electron chi connectivity index (χ2n) is 4.28. The number of carbonyl (C=O) groups is 1. The lowest BCUT2D eigenvalue weighted by Gasteiger charge is -2.01. The maximum Gasteiger partial charge on any atom is 0.318 e. The number of hydrogen-bond donors (Lipinski definition) is 0. The van der Waals surface area contributed by atoms with E-state index >= 15 is 0 Å². The van der Waals surface area contributed by atoms with Gasteiger partial charge in [-0.2, -0.15) is 4.37 Å². The van der Waals surface area contributed by atoms with Crippen molar-refractivity contribution < 1.29 is 9.53 Å². The molecular weight excluding hydrogens is 248 g/mol. The molecule has 1 saturated carbocycles. The van der Waals surface area contributed by atoms with Gasteiger partial charge < -0.3 is 4.74 Å². The highest BCUT2D eigenvalue weighted by Gasteiger charge is 2.28. The number of aromatic nitrogens is 2. The van der Waals surface area contributed by atoms with Gasteiger partial charge in [-0.1, -0.05) is 18.2 Å². The fourth-order valence-corrected chi connectivity index (χ4v) is 2.33. The van der Waals surface area contributed by atoms with E-state index in [9.17, 15) is 4.79 Å². The van der Waals surface area contributed by atoms with Gasteiger partial charge in [0.05, 0.1) is 6.42 Å². The van der Waals surface area contributed by atoms with E-state index in [0.29, 0.717) is 11.7 Å². The number of nitrogens with zero attached hydrogens (tertiary/aromatic N) is 2. The third kappa shape index (κ3) is 2.73. The Kier molecular flexibility index (Phi) is 3.06. The second kappa shape index (κ2) is 4.86. The molecule has 18 heavy (non-hydrogen) atoms. The Morgan fingerprint density at radius 2 is 2.11 bits per heavy atom. The van der Waals surface area contributed by atoms with Gasteiger partial charge in [0.15, 0.2) is 0 Å². The predicted octanol–water partition coefficient (Wildman–Crippen LogP) is 2.56. The van der Waals surface area contributed by atoms with Crippen molar-refractivity contribution in [2.45, 2.75) is 25.2 Å². The van der Waals surface area contributed by atoms with E-state index in [4.69, 9.17) is 4.74 Å². The van der Waals surface area contributed by atoms with Gasteiger partial charge in [-0.3, -0.25) is 4.79 Å². The third-order valence-electron chi connectivity index (χ3n) is 2.70. The van der Waals surface area contributed by atoms with Crippen LogP contribution in [0.1, 0.15) is 29.6 Å². The number of rotatable bonds is 4. The van der Waals surface area contributed by atoms with Gasteiger partial charge in [-0.15, -0.1) is 0 Å². The Morgan fingerprint density at radius 3 is 2.83 bits per heavy atom. The van der Waals surface area contributed by atoms with E-state index in [0.717, 1.165) is 10.8 Å². The van der Waals surface area contributed by atoms with Gasteiger partial charge in [0.2, 0.25) is 0 Å². The van der Waals surface area contributed by atoms with Crippen molar-refractivity contribution in [3.8, 4) is 5.75 Å². The molecule has 92 valence electrons. The van der Waals surface area contributed by atoms with E-state index in [1.165, 1.54) is 24.4 Å². The average molecular weight is 260 g/mol. The largest absolute Gasteiger partial charge is 0.426 e. The molecule has 1 aliphatic carbocycles. The molecule has 0 amide bonds. The zero-order valence-electron chi connectivity index (χ0n) is 9.70. The normalized spacial score (nSPS) is 14.4. The highest BCUT2D eigenvalue weighted by molar-refractivity contribution is 7.05. The van der Waals surface area contributed by atoms with Gasteiger partial charge in [0.1, 0.15) is 16.6 Å². The Hall–Kier alpha value is -1.75. The van der Waals surface area contributed by atoms with Crippen LogP contribution in [0.3, 0.4) is 0 Å². The Bertz CT molecular complexity index is 549. The first-order valence-electron chi connectivity index (χ1n) is 5.89. The Balaban J connectivity index is 1.59. The number of ether oxygens (including phenoxy) is 1. The summed E-state index contributed by atoms with van der Waals surface area (Å²) in [7, 11) is 0. The molecule has 1 fully saturated rings. The van der Waals surface area contributed by atoms with Gasteiger partial charge >= 0.3 is 5.97 Å². The second-order valence-corrected chi connectivity index (χ2v) is 5.12. The van der Waals surface area contributed by atoms with Crippen molar-refractivity contribution in [3.63, 3.8) is 0 Å². The quantitative estimate of drug-likeness (QED) is 0.626. The van der Waals surface area contributed by atoms with Crippen LogP contribution in [0.25, 0.3) is 0 Å². The third-order valence-corrected chi connectivity index (χ3v) is 3.42. The SMILES string of the molecule is O=C(Cc1nc(C2CC2)ns1)Oc1ccccc1.